The molecular formula is C13H28N2O2. The lowest BCUT2D eigenvalue weighted by Crippen LogP contribution is -2.45. The largest absolute Gasteiger partial charge is 0.380 e. The van der Waals surface area contributed by atoms with Crippen molar-refractivity contribution in [3.05, 3.63) is 0 Å². The molecule has 1 saturated heterocycles. The molecule has 0 spiro atoms. The first-order valence-electron chi connectivity index (χ1n) is 6.77. The van der Waals surface area contributed by atoms with Gasteiger partial charge in [-0.2, -0.15) is 0 Å². The Labute approximate surface area is 106 Å². The first-order valence-corrected chi connectivity index (χ1v) is 6.77. The van der Waals surface area contributed by atoms with Crippen LogP contribution in [-0.4, -0.2) is 64.1 Å². The second-order valence-corrected chi connectivity index (χ2v) is 5.25. The Hall–Kier alpha value is -0.160. The van der Waals surface area contributed by atoms with Crippen LogP contribution in [0.2, 0.25) is 0 Å². The summed E-state index contributed by atoms with van der Waals surface area (Å²) in [6, 6.07) is 0. The summed E-state index contributed by atoms with van der Waals surface area (Å²) >= 11 is 0. The van der Waals surface area contributed by atoms with E-state index in [-0.39, 0.29) is 0 Å². The molecule has 1 unspecified atom stereocenters. The zero-order valence-electron chi connectivity index (χ0n) is 11.6. The Morgan fingerprint density at radius 2 is 2.24 bits per heavy atom. The van der Waals surface area contributed by atoms with Crippen molar-refractivity contribution in [3.63, 3.8) is 0 Å². The van der Waals surface area contributed by atoms with Crippen molar-refractivity contribution in [2.24, 2.45) is 5.92 Å². The average molecular weight is 244 g/mol. The fourth-order valence-corrected chi connectivity index (χ4v) is 1.82. The molecule has 0 aliphatic carbocycles. The van der Waals surface area contributed by atoms with E-state index in [0.717, 1.165) is 58.3 Å². The minimum atomic E-state index is 0.337. The van der Waals surface area contributed by atoms with E-state index in [0.29, 0.717) is 6.10 Å². The topological polar surface area (TPSA) is 33.7 Å². The zero-order chi connectivity index (χ0) is 12.5. The maximum absolute atomic E-state index is 5.66. The van der Waals surface area contributed by atoms with Gasteiger partial charge in [-0.05, 0) is 19.4 Å². The molecule has 1 aliphatic heterocycles. The Morgan fingerprint density at radius 1 is 1.41 bits per heavy atom. The van der Waals surface area contributed by atoms with Gasteiger partial charge in [-0.3, -0.25) is 0 Å². The molecule has 102 valence electrons. The van der Waals surface area contributed by atoms with Crippen LogP contribution in [0.25, 0.3) is 0 Å². The van der Waals surface area contributed by atoms with E-state index in [1.54, 1.807) is 0 Å². The minimum Gasteiger partial charge on any atom is -0.380 e. The van der Waals surface area contributed by atoms with Crippen LogP contribution in [0, 0.1) is 5.92 Å². The third-order valence-electron chi connectivity index (χ3n) is 2.98. The molecule has 0 radical (unpaired) electrons. The van der Waals surface area contributed by atoms with Gasteiger partial charge >= 0.3 is 0 Å². The second kappa shape index (κ2) is 8.86. The monoisotopic (exact) mass is 244 g/mol. The third kappa shape index (κ3) is 7.71. The van der Waals surface area contributed by atoms with Gasteiger partial charge in [0.1, 0.15) is 0 Å². The van der Waals surface area contributed by atoms with Crippen LogP contribution in [0.3, 0.4) is 0 Å². The lowest BCUT2D eigenvalue weighted by atomic mass is 10.1. The predicted octanol–water partition coefficient (Wildman–Crippen LogP) is 0.969. The highest BCUT2D eigenvalue weighted by atomic mass is 16.5. The number of likely N-dealkylation sites (N-methyl/N-ethyl adjacent to an activating group) is 1. The number of ether oxygens (including phenoxy) is 2. The van der Waals surface area contributed by atoms with Crippen LogP contribution in [0.1, 0.15) is 20.3 Å². The predicted molar refractivity (Wildman–Crippen MR) is 70.4 cm³/mol. The van der Waals surface area contributed by atoms with Crippen LogP contribution in [0.5, 0.6) is 0 Å². The van der Waals surface area contributed by atoms with Crippen molar-refractivity contribution in [3.8, 4) is 0 Å². The second-order valence-electron chi connectivity index (χ2n) is 5.25. The fourth-order valence-electron chi connectivity index (χ4n) is 1.82. The van der Waals surface area contributed by atoms with E-state index in [4.69, 9.17) is 9.47 Å². The Balaban J connectivity index is 1.86. The summed E-state index contributed by atoms with van der Waals surface area (Å²) in [5.74, 6) is 0.731. The molecule has 1 N–H and O–H groups in total. The van der Waals surface area contributed by atoms with Crippen LogP contribution in [0.4, 0.5) is 0 Å². The van der Waals surface area contributed by atoms with Gasteiger partial charge in [-0.15, -0.1) is 0 Å². The Morgan fingerprint density at radius 3 is 2.94 bits per heavy atom. The fraction of sp³-hybridized carbons (Fsp3) is 1.00. The van der Waals surface area contributed by atoms with Crippen molar-refractivity contribution in [1.82, 2.24) is 10.2 Å². The molecule has 0 saturated carbocycles. The highest BCUT2D eigenvalue weighted by Gasteiger charge is 2.16. The number of nitrogens with one attached hydrogen (secondary N) is 1. The summed E-state index contributed by atoms with van der Waals surface area (Å²) in [6.45, 7) is 10.9. The molecule has 0 aromatic carbocycles. The number of nitrogens with zero attached hydrogens (tertiary/aromatic N) is 1. The van der Waals surface area contributed by atoms with E-state index in [1.165, 1.54) is 0 Å². The minimum absolute atomic E-state index is 0.337. The number of morpholine rings is 1. The van der Waals surface area contributed by atoms with Gasteiger partial charge in [0.25, 0.3) is 0 Å². The van der Waals surface area contributed by atoms with E-state index in [9.17, 15) is 0 Å². The van der Waals surface area contributed by atoms with E-state index < -0.39 is 0 Å². The smallest absolute Gasteiger partial charge is 0.0826 e. The van der Waals surface area contributed by atoms with Gasteiger partial charge in [0, 0.05) is 32.8 Å². The Bertz CT molecular complexity index is 188. The number of hydrogen-bond donors (Lipinski definition) is 1. The third-order valence-corrected chi connectivity index (χ3v) is 2.98. The number of hydrogen-bond acceptors (Lipinski definition) is 4. The molecule has 1 fully saturated rings. The molecule has 1 aliphatic rings. The van der Waals surface area contributed by atoms with Crippen molar-refractivity contribution < 1.29 is 9.47 Å². The maximum atomic E-state index is 5.66. The van der Waals surface area contributed by atoms with E-state index >= 15 is 0 Å². The molecule has 4 heteroatoms. The molecule has 1 heterocycles. The van der Waals surface area contributed by atoms with Crippen molar-refractivity contribution in [2.75, 3.05) is 53.0 Å². The maximum Gasteiger partial charge on any atom is 0.0826 e. The molecule has 17 heavy (non-hydrogen) atoms. The average Bonchev–Trinajstić information content (AvgIpc) is 2.27. The van der Waals surface area contributed by atoms with Crippen molar-refractivity contribution >= 4 is 0 Å². The standard InChI is InChI=1S/C13H28N2O2/c1-12(2)4-7-16-8-5-14-10-13-11-15(3)6-9-17-13/h12-14H,4-11H2,1-3H3. The molecule has 0 bridgehead atoms. The molecular weight excluding hydrogens is 216 g/mol. The Kier molecular flexibility index (Phi) is 7.77. The lowest BCUT2D eigenvalue weighted by molar-refractivity contribution is -0.0187. The summed E-state index contributed by atoms with van der Waals surface area (Å²) in [5.41, 5.74) is 0. The van der Waals surface area contributed by atoms with E-state index in [1.807, 2.05) is 0 Å². The van der Waals surface area contributed by atoms with Gasteiger partial charge in [0.15, 0.2) is 0 Å². The highest BCUT2D eigenvalue weighted by Crippen LogP contribution is 2.01. The van der Waals surface area contributed by atoms with E-state index in [2.05, 4.69) is 31.1 Å². The quantitative estimate of drug-likeness (QED) is 0.645. The molecule has 4 nitrogen and oxygen atoms in total. The summed E-state index contributed by atoms with van der Waals surface area (Å²) < 4.78 is 11.2. The summed E-state index contributed by atoms with van der Waals surface area (Å²) in [4.78, 5) is 2.31. The molecule has 0 aromatic heterocycles. The van der Waals surface area contributed by atoms with Crippen molar-refractivity contribution in [1.29, 1.82) is 0 Å². The van der Waals surface area contributed by atoms with Gasteiger partial charge in [0.2, 0.25) is 0 Å². The molecule has 0 aromatic rings. The van der Waals surface area contributed by atoms with Crippen molar-refractivity contribution in [2.45, 2.75) is 26.4 Å². The molecule has 1 rings (SSSR count). The van der Waals surface area contributed by atoms with Crippen LogP contribution in [0.15, 0.2) is 0 Å². The van der Waals surface area contributed by atoms with Gasteiger partial charge in [0.05, 0.1) is 19.3 Å². The lowest BCUT2D eigenvalue weighted by Gasteiger charge is -2.30. The molecule has 0 amide bonds. The van der Waals surface area contributed by atoms with Gasteiger partial charge < -0.3 is 19.7 Å². The zero-order valence-corrected chi connectivity index (χ0v) is 11.6. The summed E-state index contributed by atoms with van der Waals surface area (Å²) in [6.07, 6.45) is 1.49. The SMILES string of the molecule is CC(C)CCOCCNCC1CN(C)CCO1. The van der Waals surface area contributed by atoms with Crippen LogP contribution >= 0.6 is 0 Å². The molecule has 1 atom stereocenters. The number of rotatable bonds is 8. The summed E-state index contributed by atoms with van der Waals surface area (Å²) in [5, 5.41) is 3.39. The first-order chi connectivity index (χ1) is 8.18. The van der Waals surface area contributed by atoms with Gasteiger partial charge in [-0.25, -0.2) is 0 Å². The van der Waals surface area contributed by atoms with Crippen LogP contribution < -0.4 is 5.32 Å². The highest BCUT2D eigenvalue weighted by molar-refractivity contribution is 4.70. The first kappa shape index (κ1) is 14.9. The van der Waals surface area contributed by atoms with Gasteiger partial charge in [-0.1, -0.05) is 13.8 Å². The normalized spacial score (nSPS) is 22.2. The van der Waals surface area contributed by atoms with Crippen LogP contribution in [-0.2, 0) is 9.47 Å². The summed E-state index contributed by atoms with van der Waals surface area (Å²) in [7, 11) is 2.14.